The maximum Gasteiger partial charge on any atom is 0.222 e. The third kappa shape index (κ3) is 2.85. The molecule has 0 N–H and O–H groups in total. The van der Waals surface area contributed by atoms with Crippen molar-refractivity contribution >= 4 is 5.91 Å². The molecule has 2 fully saturated rings. The smallest absolute Gasteiger partial charge is 0.222 e. The average Bonchev–Trinajstić information content (AvgIpc) is 2.89. The van der Waals surface area contributed by atoms with Crippen LogP contribution >= 0.6 is 0 Å². The summed E-state index contributed by atoms with van der Waals surface area (Å²) in [5.74, 6) is 0.365. The summed E-state index contributed by atoms with van der Waals surface area (Å²) in [6, 6.07) is 4.59. The van der Waals surface area contributed by atoms with Crippen LogP contribution in [-0.2, 0) is 11.3 Å². The van der Waals surface area contributed by atoms with Crippen molar-refractivity contribution < 1.29 is 4.79 Å². The molecule has 3 heterocycles. The van der Waals surface area contributed by atoms with Crippen LogP contribution < -0.4 is 0 Å². The largest absolute Gasteiger partial charge is 0.340 e. The number of nitrogens with zero attached hydrogens (tertiary/aromatic N) is 3. The zero-order valence-corrected chi connectivity index (χ0v) is 12.2. The first kappa shape index (κ1) is 13.6. The van der Waals surface area contributed by atoms with Gasteiger partial charge in [-0.05, 0) is 37.8 Å². The number of carbonyl (C=O) groups excluding carboxylic acids is 1. The maximum absolute atomic E-state index is 11.8. The molecule has 0 aliphatic carbocycles. The minimum Gasteiger partial charge on any atom is -0.340 e. The van der Waals surface area contributed by atoms with Crippen LogP contribution in [-0.4, -0.2) is 46.4 Å². The molecule has 1 amide bonds. The second kappa shape index (κ2) is 5.92. The van der Waals surface area contributed by atoms with Gasteiger partial charge in [-0.2, -0.15) is 0 Å². The molecule has 2 aliphatic heterocycles. The summed E-state index contributed by atoms with van der Waals surface area (Å²) < 4.78 is 0. The average molecular weight is 273 g/mol. The number of amides is 1. The molecule has 4 heteroatoms. The minimum atomic E-state index is 0.365. The lowest BCUT2D eigenvalue weighted by atomic mass is 10.0. The number of likely N-dealkylation sites (tertiary alicyclic amines) is 2. The number of aryl methyl sites for hydroxylation is 1. The van der Waals surface area contributed by atoms with Crippen molar-refractivity contribution in [3.05, 3.63) is 29.6 Å². The van der Waals surface area contributed by atoms with Crippen LogP contribution in [0.4, 0.5) is 0 Å². The quantitative estimate of drug-likeness (QED) is 0.845. The van der Waals surface area contributed by atoms with Gasteiger partial charge in [-0.1, -0.05) is 6.07 Å². The van der Waals surface area contributed by atoms with Gasteiger partial charge in [0.15, 0.2) is 0 Å². The highest BCUT2D eigenvalue weighted by atomic mass is 16.2. The Morgan fingerprint density at radius 2 is 2.10 bits per heavy atom. The summed E-state index contributed by atoms with van der Waals surface area (Å²) in [6.45, 7) is 6.18. The van der Waals surface area contributed by atoms with E-state index in [9.17, 15) is 4.79 Å². The van der Waals surface area contributed by atoms with E-state index in [0.717, 1.165) is 51.9 Å². The Labute approximate surface area is 120 Å². The fourth-order valence-electron chi connectivity index (χ4n) is 3.34. The molecule has 2 saturated heterocycles. The lowest BCUT2D eigenvalue weighted by Crippen LogP contribution is -2.45. The number of aromatic nitrogens is 1. The monoisotopic (exact) mass is 273 g/mol. The number of piperidine rings is 1. The first-order chi connectivity index (χ1) is 9.74. The van der Waals surface area contributed by atoms with E-state index in [2.05, 4.69) is 27.8 Å². The van der Waals surface area contributed by atoms with Gasteiger partial charge in [0.1, 0.15) is 0 Å². The van der Waals surface area contributed by atoms with Crippen LogP contribution in [0.3, 0.4) is 0 Å². The van der Waals surface area contributed by atoms with Gasteiger partial charge in [0, 0.05) is 44.8 Å². The highest BCUT2D eigenvalue weighted by Gasteiger charge is 2.30. The normalized spacial score (nSPS) is 21.6. The molecule has 0 bridgehead atoms. The van der Waals surface area contributed by atoms with Crippen LogP contribution in [0.15, 0.2) is 18.3 Å². The predicted octanol–water partition coefficient (Wildman–Crippen LogP) is 1.98. The Morgan fingerprint density at radius 1 is 1.30 bits per heavy atom. The van der Waals surface area contributed by atoms with Gasteiger partial charge in [0.05, 0.1) is 5.69 Å². The van der Waals surface area contributed by atoms with Crippen molar-refractivity contribution in [2.45, 2.75) is 45.2 Å². The Morgan fingerprint density at radius 3 is 2.75 bits per heavy atom. The molecule has 4 nitrogen and oxygen atoms in total. The summed E-state index contributed by atoms with van der Waals surface area (Å²) in [5, 5.41) is 0. The van der Waals surface area contributed by atoms with E-state index in [-0.39, 0.29) is 0 Å². The summed E-state index contributed by atoms with van der Waals surface area (Å²) in [7, 11) is 0. The van der Waals surface area contributed by atoms with Crippen LogP contribution in [0.25, 0.3) is 0 Å². The number of rotatable bonds is 3. The highest BCUT2D eigenvalue weighted by molar-refractivity contribution is 5.78. The number of carbonyl (C=O) groups is 1. The van der Waals surface area contributed by atoms with Crippen LogP contribution in [0.1, 0.15) is 36.9 Å². The molecule has 1 aromatic rings. The molecule has 108 valence electrons. The van der Waals surface area contributed by atoms with Gasteiger partial charge in [-0.25, -0.2) is 0 Å². The van der Waals surface area contributed by atoms with Crippen molar-refractivity contribution in [2.75, 3.05) is 19.6 Å². The van der Waals surface area contributed by atoms with Gasteiger partial charge in [0.2, 0.25) is 5.91 Å². The zero-order chi connectivity index (χ0) is 13.9. The molecule has 0 saturated carbocycles. The van der Waals surface area contributed by atoms with Crippen molar-refractivity contribution in [1.82, 2.24) is 14.8 Å². The van der Waals surface area contributed by atoms with E-state index >= 15 is 0 Å². The molecule has 20 heavy (non-hydrogen) atoms. The van der Waals surface area contributed by atoms with Gasteiger partial charge in [-0.3, -0.25) is 14.7 Å². The molecule has 1 aromatic heterocycles. The van der Waals surface area contributed by atoms with Gasteiger partial charge in [0.25, 0.3) is 0 Å². The Balaban J connectivity index is 1.54. The third-order valence-electron chi connectivity index (χ3n) is 4.60. The topological polar surface area (TPSA) is 36.4 Å². The van der Waals surface area contributed by atoms with Crippen molar-refractivity contribution in [1.29, 1.82) is 0 Å². The second-order valence-electron chi connectivity index (χ2n) is 5.97. The first-order valence-electron chi connectivity index (χ1n) is 7.66. The predicted molar refractivity (Wildman–Crippen MR) is 78.2 cm³/mol. The third-order valence-corrected chi connectivity index (χ3v) is 4.60. The van der Waals surface area contributed by atoms with Crippen molar-refractivity contribution in [3.8, 4) is 0 Å². The number of hydrogen-bond acceptors (Lipinski definition) is 3. The lowest BCUT2D eigenvalue weighted by Gasteiger charge is -2.36. The Hall–Kier alpha value is -1.42. The molecule has 0 atom stereocenters. The molecule has 3 rings (SSSR count). The van der Waals surface area contributed by atoms with E-state index < -0.39 is 0 Å². The summed E-state index contributed by atoms with van der Waals surface area (Å²) >= 11 is 0. The molecule has 0 aromatic carbocycles. The fraction of sp³-hybridized carbons (Fsp3) is 0.625. The fourth-order valence-corrected chi connectivity index (χ4v) is 3.34. The molecular weight excluding hydrogens is 250 g/mol. The van der Waals surface area contributed by atoms with Gasteiger partial charge in [-0.15, -0.1) is 0 Å². The summed E-state index contributed by atoms with van der Waals surface area (Å²) in [5.41, 5.74) is 2.45. The Bertz CT molecular complexity index is 480. The molecule has 0 spiro atoms. The van der Waals surface area contributed by atoms with E-state index in [0.29, 0.717) is 11.9 Å². The lowest BCUT2D eigenvalue weighted by molar-refractivity contribution is -0.130. The first-order valence-corrected chi connectivity index (χ1v) is 7.66. The van der Waals surface area contributed by atoms with Crippen LogP contribution in [0.2, 0.25) is 0 Å². The van der Waals surface area contributed by atoms with E-state index in [1.165, 1.54) is 11.3 Å². The summed E-state index contributed by atoms with van der Waals surface area (Å²) in [6.07, 6.45) is 5.90. The highest BCUT2D eigenvalue weighted by Crippen LogP contribution is 2.23. The van der Waals surface area contributed by atoms with Gasteiger partial charge >= 0.3 is 0 Å². The summed E-state index contributed by atoms with van der Waals surface area (Å²) in [4.78, 5) is 20.8. The maximum atomic E-state index is 11.8. The second-order valence-corrected chi connectivity index (χ2v) is 5.97. The van der Waals surface area contributed by atoms with E-state index in [1.54, 1.807) is 0 Å². The zero-order valence-electron chi connectivity index (χ0n) is 12.2. The molecule has 0 unspecified atom stereocenters. The van der Waals surface area contributed by atoms with E-state index in [4.69, 9.17) is 0 Å². The van der Waals surface area contributed by atoms with Crippen LogP contribution in [0.5, 0.6) is 0 Å². The minimum absolute atomic E-state index is 0.365. The standard InChI is InChI=1S/C16H23N3O/c1-13-4-2-8-17-15(13)12-18-10-6-14(7-11-18)19-9-3-5-16(19)20/h2,4,8,14H,3,5-7,9-12H2,1H3. The van der Waals surface area contributed by atoms with Gasteiger partial charge < -0.3 is 4.90 Å². The molecule has 0 radical (unpaired) electrons. The SMILES string of the molecule is Cc1cccnc1CN1CCC(N2CCCC2=O)CC1. The Kier molecular flexibility index (Phi) is 4.01. The molecular formula is C16H23N3O. The number of pyridine rings is 1. The number of hydrogen-bond donors (Lipinski definition) is 0. The van der Waals surface area contributed by atoms with Crippen LogP contribution in [0, 0.1) is 6.92 Å². The van der Waals surface area contributed by atoms with Crippen molar-refractivity contribution in [3.63, 3.8) is 0 Å². The van der Waals surface area contributed by atoms with Crippen molar-refractivity contribution in [2.24, 2.45) is 0 Å². The molecule has 2 aliphatic rings. The van der Waals surface area contributed by atoms with E-state index in [1.807, 2.05) is 12.3 Å².